The maximum Gasteiger partial charge on any atom is 0.174 e. The lowest BCUT2D eigenvalue weighted by atomic mass is 10.1. The molecule has 0 heterocycles. The normalized spacial score (nSPS) is 11.6. The molecule has 0 amide bonds. The van der Waals surface area contributed by atoms with Crippen LogP contribution in [0.25, 0.3) is 0 Å². The lowest BCUT2D eigenvalue weighted by molar-refractivity contribution is 0.174. The Morgan fingerprint density at radius 2 is 1.81 bits per heavy atom. The molecule has 4 heteroatoms. The number of rotatable bonds is 7. The molecule has 0 fully saturated rings. The monoisotopic (exact) mass is 282 g/mol. The number of aliphatic hydroxyl groups excluding tert-OH is 1. The lowest BCUT2D eigenvalue weighted by Gasteiger charge is -2.14. The van der Waals surface area contributed by atoms with Crippen molar-refractivity contribution in [3.05, 3.63) is 65.7 Å². The average molecular weight is 282 g/mol. The van der Waals surface area contributed by atoms with E-state index in [0.717, 1.165) is 11.1 Å². The Hall–Kier alpha value is -2.35. The highest BCUT2D eigenvalue weighted by Crippen LogP contribution is 2.18. The average Bonchev–Trinajstić information content (AvgIpc) is 2.54. The van der Waals surface area contributed by atoms with E-state index in [4.69, 9.17) is 10.00 Å². The maximum atomic E-state index is 10.1. The van der Waals surface area contributed by atoms with Crippen LogP contribution in [0.3, 0.4) is 0 Å². The third-order valence-electron chi connectivity index (χ3n) is 3.10. The van der Waals surface area contributed by atoms with Gasteiger partial charge in [0.1, 0.15) is 11.8 Å². The first kappa shape index (κ1) is 15.0. The molecule has 0 spiro atoms. The van der Waals surface area contributed by atoms with Crippen LogP contribution in [0.5, 0.6) is 5.75 Å². The fraction of sp³-hybridized carbons (Fsp3) is 0.235. The van der Waals surface area contributed by atoms with Crippen LogP contribution in [0.1, 0.15) is 17.2 Å². The molecule has 0 aliphatic rings. The number of nitrogens with one attached hydrogen (secondary N) is 1. The fourth-order valence-electron chi connectivity index (χ4n) is 2.04. The number of hydrogen-bond acceptors (Lipinski definition) is 4. The third-order valence-corrected chi connectivity index (χ3v) is 3.10. The van der Waals surface area contributed by atoms with E-state index < -0.39 is 6.10 Å². The predicted molar refractivity (Wildman–Crippen MR) is 80.7 cm³/mol. The topological polar surface area (TPSA) is 65.3 Å². The molecule has 0 saturated carbocycles. The quantitative estimate of drug-likeness (QED) is 0.818. The molecule has 0 saturated heterocycles. The van der Waals surface area contributed by atoms with Crippen LogP contribution in [0.15, 0.2) is 54.6 Å². The summed E-state index contributed by atoms with van der Waals surface area (Å²) in [5.41, 5.74) is 1.85. The van der Waals surface area contributed by atoms with Crippen LogP contribution < -0.4 is 10.1 Å². The number of ether oxygens (including phenoxy) is 1. The minimum atomic E-state index is -0.543. The van der Waals surface area contributed by atoms with E-state index in [9.17, 15) is 5.11 Å². The molecule has 2 rings (SSSR count). The summed E-state index contributed by atoms with van der Waals surface area (Å²) >= 11 is 0. The molecule has 2 aromatic rings. The minimum absolute atomic E-state index is 0.0314. The van der Waals surface area contributed by atoms with E-state index in [0.29, 0.717) is 18.8 Å². The van der Waals surface area contributed by atoms with Crippen LogP contribution in [0.4, 0.5) is 0 Å². The second-order valence-corrected chi connectivity index (χ2v) is 4.61. The lowest BCUT2D eigenvalue weighted by Crippen LogP contribution is -2.21. The molecule has 2 N–H and O–H groups in total. The highest BCUT2D eigenvalue weighted by Gasteiger charge is 2.07. The SMILES string of the molecule is N#CCOc1ccccc1CNCC(O)c1ccccc1. The van der Waals surface area contributed by atoms with Crippen LogP contribution in [0, 0.1) is 11.3 Å². The smallest absolute Gasteiger partial charge is 0.174 e. The summed E-state index contributed by atoms with van der Waals surface area (Å²) in [5.74, 6) is 0.695. The predicted octanol–water partition coefficient (Wildman–Crippen LogP) is 2.41. The molecular formula is C17H18N2O2. The zero-order chi connectivity index (χ0) is 14.9. The highest BCUT2D eigenvalue weighted by atomic mass is 16.5. The van der Waals surface area contributed by atoms with Gasteiger partial charge in [0.2, 0.25) is 0 Å². The van der Waals surface area contributed by atoms with Crippen molar-refractivity contribution >= 4 is 0 Å². The van der Waals surface area contributed by atoms with E-state index in [1.54, 1.807) is 0 Å². The first-order chi connectivity index (χ1) is 10.3. The van der Waals surface area contributed by atoms with Gasteiger partial charge in [0.25, 0.3) is 0 Å². The van der Waals surface area contributed by atoms with Crippen molar-refractivity contribution < 1.29 is 9.84 Å². The standard InChI is InChI=1S/C17H18N2O2/c18-10-11-21-17-9-5-4-8-15(17)12-19-13-16(20)14-6-2-1-3-7-14/h1-9,16,19-20H,11-13H2. The van der Waals surface area contributed by atoms with Crippen molar-refractivity contribution in [2.75, 3.05) is 13.2 Å². The van der Waals surface area contributed by atoms with Gasteiger partial charge in [0, 0.05) is 18.7 Å². The Morgan fingerprint density at radius 3 is 2.57 bits per heavy atom. The van der Waals surface area contributed by atoms with E-state index in [1.165, 1.54) is 0 Å². The van der Waals surface area contributed by atoms with Crippen molar-refractivity contribution in [1.82, 2.24) is 5.32 Å². The number of benzene rings is 2. The Bertz CT molecular complexity index is 593. The molecule has 0 aliphatic carbocycles. The van der Waals surface area contributed by atoms with Crippen LogP contribution in [-0.2, 0) is 6.54 Å². The fourth-order valence-corrected chi connectivity index (χ4v) is 2.04. The van der Waals surface area contributed by atoms with Gasteiger partial charge in [-0.2, -0.15) is 5.26 Å². The molecule has 1 atom stereocenters. The van der Waals surface area contributed by atoms with Gasteiger partial charge in [-0.25, -0.2) is 0 Å². The summed E-state index contributed by atoms with van der Waals surface area (Å²) in [6, 6.07) is 19.1. The van der Waals surface area contributed by atoms with Gasteiger partial charge in [0.15, 0.2) is 6.61 Å². The summed E-state index contributed by atoms with van der Waals surface area (Å²) < 4.78 is 5.36. The molecule has 0 bridgehead atoms. The summed E-state index contributed by atoms with van der Waals surface area (Å²) in [7, 11) is 0. The Kier molecular flexibility index (Phi) is 5.77. The van der Waals surface area contributed by atoms with E-state index >= 15 is 0 Å². The van der Waals surface area contributed by atoms with Crippen LogP contribution in [-0.4, -0.2) is 18.3 Å². The molecule has 0 aromatic heterocycles. The van der Waals surface area contributed by atoms with Gasteiger partial charge in [-0.1, -0.05) is 48.5 Å². The van der Waals surface area contributed by atoms with Crippen molar-refractivity contribution in [2.45, 2.75) is 12.6 Å². The zero-order valence-corrected chi connectivity index (χ0v) is 11.7. The first-order valence-corrected chi connectivity index (χ1v) is 6.82. The summed E-state index contributed by atoms with van der Waals surface area (Å²) in [6.07, 6.45) is -0.543. The molecular weight excluding hydrogens is 264 g/mol. The molecule has 0 aliphatic heterocycles. The second-order valence-electron chi connectivity index (χ2n) is 4.61. The third kappa shape index (κ3) is 4.60. The summed E-state index contributed by atoms with van der Waals surface area (Å²) in [6.45, 7) is 1.06. The van der Waals surface area contributed by atoms with E-state index in [2.05, 4.69) is 5.32 Å². The molecule has 108 valence electrons. The van der Waals surface area contributed by atoms with Gasteiger partial charge in [-0.05, 0) is 11.6 Å². The number of nitriles is 1. The Balaban J connectivity index is 1.87. The number of nitrogens with zero attached hydrogens (tertiary/aromatic N) is 1. The molecule has 0 radical (unpaired) electrons. The van der Waals surface area contributed by atoms with E-state index in [-0.39, 0.29) is 6.61 Å². The Labute approximate surface area is 124 Å². The highest BCUT2D eigenvalue weighted by molar-refractivity contribution is 5.33. The zero-order valence-electron chi connectivity index (χ0n) is 11.7. The number of aliphatic hydroxyl groups is 1. The molecule has 4 nitrogen and oxygen atoms in total. The first-order valence-electron chi connectivity index (χ1n) is 6.82. The summed E-state index contributed by atoms with van der Waals surface area (Å²) in [5, 5.41) is 21.8. The second kappa shape index (κ2) is 8.05. The number of para-hydroxylation sites is 1. The van der Waals surface area contributed by atoms with Crippen LogP contribution in [0.2, 0.25) is 0 Å². The van der Waals surface area contributed by atoms with Gasteiger partial charge >= 0.3 is 0 Å². The molecule has 21 heavy (non-hydrogen) atoms. The van der Waals surface area contributed by atoms with Crippen molar-refractivity contribution in [3.8, 4) is 11.8 Å². The maximum absolute atomic E-state index is 10.1. The molecule has 2 aromatic carbocycles. The van der Waals surface area contributed by atoms with Crippen molar-refractivity contribution in [1.29, 1.82) is 5.26 Å². The van der Waals surface area contributed by atoms with Crippen molar-refractivity contribution in [3.63, 3.8) is 0 Å². The molecule has 1 unspecified atom stereocenters. The van der Waals surface area contributed by atoms with Gasteiger partial charge < -0.3 is 15.2 Å². The Morgan fingerprint density at radius 1 is 1.10 bits per heavy atom. The number of hydrogen-bond donors (Lipinski definition) is 2. The van der Waals surface area contributed by atoms with Gasteiger partial charge in [-0.15, -0.1) is 0 Å². The van der Waals surface area contributed by atoms with Crippen LogP contribution >= 0.6 is 0 Å². The summed E-state index contributed by atoms with van der Waals surface area (Å²) in [4.78, 5) is 0. The van der Waals surface area contributed by atoms with Crippen molar-refractivity contribution in [2.24, 2.45) is 0 Å². The van der Waals surface area contributed by atoms with Gasteiger partial charge in [-0.3, -0.25) is 0 Å². The largest absolute Gasteiger partial charge is 0.478 e. The van der Waals surface area contributed by atoms with Gasteiger partial charge in [0.05, 0.1) is 6.10 Å². The van der Waals surface area contributed by atoms with E-state index in [1.807, 2.05) is 60.7 Å². The minimum Gasteiger partial charge on any atom is -0.478 e.